The van der Waals surface area contributed by atoms with Gasteiger partial charge in [0.1, 0.15) is 6.54 Å². The summed E-state index contributed by atoms with van der Waals surface area (Å²) in [5.41, 5.74) is 3.43. The fourth-order valence-electron chi connectivity index (χ4n) is 3.58. The van der Waals surface area contributed by atoms with Crippen LogP contribution in [0.3, 0.4) is 0 Å². The highest BCUT2D eigenvalue weighted by Gasteiger charge is 2.30. The van der Waals surface area contributed by atoms with Crippen molar-refractivity contribution in [2.45, 2.75) is 13.0 Å². The molecule has 0 saturated heterocycles. The number of imidazole rings is 1. The quantitative estimate of drug-likeness (QED) is 0.343. The number of aliphatic carboxylic acids is 1. The van der Waals surface area contributed by atoms with E-state index in [2.05, 4.69) is 0 Å². The maximum atomic E-state index is 13.6. The number of halogens is 1. The highest BCUT2D eigenvalue weighted by Crippen LogP contribution is 2.35. The van der Waals surface area contributed by atoms with E-state index in [0.717, 1.165) is 15.9 Å². The molecular weight excluding hydrogens is 400 g/mol. The second kappa shape index (κ2) is 8.43. The zero-order chi connectivity index (χ0) is 21.1. The topological polar surface area (TPSA) is 69.2 Å². The number of nitrogens with zero attached hydrogens (tertiary/aromatic N) is 2. The first-order valence-corrected chi connectivity index (χ1v) is 9.88. The molecule has 6 heteroatoms. The van der Waals surface area contributed by atoms with E-state index in [9.17, 15) is 15.1 Å². The first kappa shape index (κ1) is 19.7. The second-order valence-electron chi connectivity index (χ2n) is 6.85. The summed E-state index contributed by atoms with van der Waals surface area (Å²) in [7, 11) is 0. The molecule has 1 N–H and O–H groups in total. The van der Waals surface area contributed by atoms with Crippen LogP contribution >= 0.6 is 11.6 Å². The molecule has 30 heavy (non-hydrogen) atoms. The molecule has 1 heterocycles. The van der Waals surface area contributed by atoms with Gasteiger partial charge in [-0.05, 0) is 24.3 Å². The lowest BCUT2D eigenvalue weighted by Crippen LogP contribution is -2.30. The van der Waals surface area contributed by atoms with E-state index in [4.69, 9.17) is 11.6 Å². The third kappa shape index (κ3) is 3.80. The largest absolute Gasteiger partial charge is 0.710 e. The zero-order valence-electron chi connectivity index (χ0n) is 16.0. The van der Waals surface area contributed by atoms with Gasteiger partial charge >= 0.3 is 5.97 Å². The lowest BCUT2D eigenvalue weighted by molar-refractivity contribution is -0.581. The Hall–Kier alpha value is -3.57. The van der Waals surface area contributed by atoms with Crippen molar-refractivity contribution in [2.24, 2.45) is 0 Å². The number of carbonyl (C=O) groups is 1. The van der Waals surface area contributed by atoms with E-state index >= 15 is 0 Å². The molecule has 5 nitrogen and oxygen atoms in total. The van der Waals surface area contributed by atoms with Crippen LogP contribution < -0.4 is 4.73 Å². The number of carboxylic acid groups (broad SMARTS) is 1. The Kier molecular flexibility index (Phi) is 5.55. The molecule has 0 unspecified atom stereocenters. The van der Waals surface area contributed by atoms with Crippen molar-refractivity contribution in [3.8, 4) is 33.9 Å². The Balaban J connectivity index is 2.05. The number of hydrogen-bond donors (Lipinski definition) is 1. The molecular formula is C24H19ClN2O3. The first-order chi connectivity index (χ1) is 14.6. The van der Waals surface area contributed by atoms with Crippen molar-refractivity contribution < 1.29 is 14.6 Å². The van der Waals surface area contributed by atoms with Crippen LogP contribution in [0.2, 0.25) is 5.02 Å². The third-order valence-corrected chi connectivity index (χ3v) is 5.14. The van der Waals surface area contributed by atoms with Crippen molar-refractivity contribution in [3.05, 3.63) is 95.2 Å². The van der Waals surface area contributed by atoms with Gasteiger partial charge in [0.25, 0.3) is 5.82 Å². The number of rotatable bonds is 6. The number of carboxylic acids is 1. The van der Waals surface area contributed by atoms with Gasteiger partial charge in [0.15, 0.2) is 11.4 Å². The summed E-state index contributed by atoms with van der Waals surface area (Å²) in [4.78, 5) is 11.4. The molecule has 0 fully saturated rings. The molecule has 3 aromatic carbocycles. The predicted molar refractivity (Wildman–Crippen MR) is 117 cm³/mol. The van der Waals surface area contributed by atoms with Gasteiger partial charge < -0.3 is 10.3 Å². The summed E-state index contributed by atoms with van der Waals surface area (Å²) in [6.45, 7) is 0.159. The molecule has 4 aromatic rings. The van der Waals surface area contributed by atoms with E-state index in [1.807, 2.05) is 60.7 Å². The highest BCUT2D eigenvalue weighted by molar-refractivity contribution is 6.30. The molecule has 0 amide bonds. The molecule has 0 bridgehead atoms. The van der Waals surface area contributed by atoms with Gasteiger partial charge in [0.05, 0.1) is 12.0 Å². The van der Waals surface area contributed by atoms with Crippen molar-refractivity contribution >= 4 is 17.6 Å². The molecule has 1 aromatic heterocycles. The minimum Gasteiger partial charge on any atom is -0.710 e. The SMILES string of the molecule is O=C(O)CCn1c(-c2ccccc2)c(-c2ccccc2)[n+]([O-])c1-c1ccc(Cl)cc1. The summed E-state index contributed by atoms with van der Waals surface area (Å²) in [6, 6.07) is 25.9. The molecule has 0 spiro atoms. The predicted octanol–water partition coefficient (Wildman–Crippen LogP) is 5.25. The third-order valence-electron chi connectivity index (χ3n) is 4.89. The first-order valence-electron chi connectivity index (χ1n) is 9.51. The van der Waals surface area contributed by atoms with Crippen LogP contribution in [-0.2, 0) is 11.3 Å². The van der Waals surface area contributed by atoms with E-state index in [1.54, 1.807) is 28.8 Å². The maximum Gasteiger partial charge on any atom is 0.307 e. The van der Waals surface area contributed by atoms with E-state index in [-0.39, 0.29) is 13.0 Å². The van der Waals surface area contributed by atoms with Gasteiger partial charge in [0.2, 0.25) is 0 Å². The molecule has 150 valence electrons. The van der Waals surface area contributed by atoms with Gasteiger partial charge in [-0.1, -0.05) is 72.3 Å². The average Bonchev–Trinajstić information content (AvgIpc) is 3.06. The number of benzene rings is 3. The van der Waals surface area contributed by atoms with Crippen molar-refractivity contribution in [3.63, 3.8) is 0 Å². The normalized spacial score (nSPS) is 10.8. The maximum absolute atomic E-state index is 13.6. The Bertz CT molecular complexity index is 1170. The van der Waals surface area contributed by atoms with Crippen molar-refractivity contribution in [1.82, 2.24) is 4.57 Å². The van der Waals surface area contributed by atoms with Gasteiger partial charge in [-0.3, -0.25) is 4.79 Å². The minimum absolute atomic E-state index is 0.108. The molecule has 0 atom stereocenters. The molecule has 0 radical (unpaired) electrons. The average molecular weight is 419 g/mol. The van der Waals surface area contributed by atoms with Crippen LogP contribution in [0.25, 0.3) is 33.9 Å². The Morgan fingerprint density at radius 1 is 0.867 bits per heavy atom. The van der Waals surface area contributed by atoms with Crippen LogP contribution in [0.5, 0.6) is 0 Å². The van der Waals surface area contributed by atoms with Crippen molar-refractivity contribution in [2.75, 3.05) is 0 Å². The van der Waals surface area contributed by atoms with Crippen LogP contribution in [0, 0.1) is 5.21 Å². The van der Waals surface area contributed by atoms with Crippen LogP contribution in [-0.4, -0.2) is 15.6 Å². The zero-order valence-corrected chi connectivity index (χ0v) is 16.8. The molecule has 0 saturated carbocycles. The second-order valence-corrected chi connectivity index (χ2v) is 7.29. The van der Waals surface area contributed by atoms with E-state index in [1.165, 1.54) is 0 Å². The summed E-state index contributed by atoms with van der Waals surface area (Å²) in [5, 5.41) is 23.5. The van der Waals surface area contributed by atoms with Crippen LogP contribution in [0.1, 0.15) is 6.42 Å². The Morgan fingerprint density at radius 3 is 2.00 bits per heavy atom. The standard InChI is InChI=1S/C24H19ClN2O3/c25-20-13-11-19(12-14-20)24-26(16-15-21(28)29)22(17-7-3-1-4-8-17)23(27(24)30)18-9-5-2-6-10-18/h1-14H,15-16H2,(H,28,29). The Morgan fingerprint density at radius 2 is 1.43 bits per heavy atom. The lowest BCUT2D eigenvalue weighted by atomic mass is 10.0. The lowest BCUT2D eigenvalue weighted by Gasteiger charge is -2.08. The van der Waals surface area contributed by atoms with Crippen LogP contribution in [0.15, 0.2) is 84.9 Å². The van der Waals surface area contributed by atoms with Crippen molar-refractivity contribution in [1.29, 1.82) is 0 Å². The van der Waals surface area contributed by atoms with Gasteiger partial charge in [0, 0.05) is 16.1 Å². The molecule has 0 aliphatic rings. The van der Waals surface area contributed by atoms with E-state index in [0.29, 0.717) is 27.8 Å². The van der Waals surface area contributed by atoms with Gasteiger partial charge in [-0.2, -0.15) is 0 Å². The summed E-state index contributed by atoms with van der Waals surface area (Å²) < 4.78 is 2.69. The highest BCUT2D eigenvalue weighted by atomic mass is 35.5. The number of aromatic nitrogens is 2. The Labute approximate surface area is 179 Å². The number of hydrogen-bond acceptors (Lipinski definition) is 2. The summed E-state index contributed by atoms with van der Waals surface area (Å²) >= 11 is 6.04. The van der Waals surface area contributed by atoms with Gasteiger partial charge in [-0.15, -0.1) is 0 Å². The monoisotopic (exact) mass is 418 g/mol. The molecule has 0 aliphatic carbocycles. The summed E-state index contributed by atoms with van der Waals surface area (Å²) in [5.74, 6) is -0.547. The van der Waals surface area contributed by atoms with Crippen LogP contribution in [0.4, 0.5) is 0 Å². The minimum atomic E-state index is -0.927. The smallest absolute Gasteiger partial charge is 0.307 e. The molecule has 0 aliphatic heterocycles. The van der Waals surface area contributed by atoms with Gasteiger partial charge in [-0.25, -0.2) is 9.30 Å². The fraction of sp³-hybridized carbons (Fsp3) is 0.0833. The summed E-state index contributed by atoms with van der Waals surface area (Å²) in [6.07, 6.45) is -0.108. The molecule has 4 rings (SSSR count). The van der Waals surface area contributed by atoms with E-state index < -0.39 is 5.97 Å². The fourth-order valence-corrected chi connectivity index (χ4v) is 3.71.